The molecule has 0 aliphatic heterocycles. The number of benzene rings is 2. The molecule has 5 heteroatoms. The van der Waals surface area contributed by atoms with Crippen LogP contribution in [0.4, 0.5) is 0 Å². The van der Waals surface area contributed by atoms with E-state index in [9.17, 15) is 4.79 Å². The van der Waals surface area contributed by atoms with Gasteiger partial charge in [-0.05, 0) is 49.6 Å². The molecule has 1 amide bonds. The van der Waals surface area contributed by atoms with Crippen molar-refractivity contribution < 1.29 is 4.79 Å². The van der Waals surface area contributed by atoms with Crippen molar-refractivity contribution in [3.8, 4) is 5.69 Å². The van der Waals surface area contributed by atoms with Crippen LogP contribution in [0.25, 0.3) is 5.69 Å². The summed E-state index contributed by atoms with van der Waals surface area (Å²) in [6.07, 6.45) is 4.46. The molecule has 0 aliphatic rings. The average Bonchev–Trinajstić information content (AvgIpc) is 3.07. The van der Waals surface area contributed by atoms with Crippen LogP contribution < -0.4 is 5.32 Å². The fourth-order valence-electron chi connectivity index (χ4n) is 2.83. The minimum Gasteiger partial charge on any atom is -0.356 e. The standard InChI is InChI=1S/C22H25N3OS/c1-18-19(17-25(24-18)20-10-4-2-5-11-20)9-8-15-23-22(26)14-16-27-21-12-6-3-7-13-21/h2-7,10-13,17H,8-9,14-16H2,1H3,(H,23,26). The Morgan fingerprint density at radius 2 is 1.78 bits per heavy atom. The molecule has 0 saturated heterocycles. The van der Waals surface area contributed by atoms with Crippen molar-refractivity contribution in [3.05, 3.63) is 78.1 Å². The van der Waals surface area contributed by atoms with Gasteiger partial charge in [-0.1, -0.05) is 36.4 Å². The highest BCUT2D eigenvalue weighted by Crippen LogP contribution is 2.17. The van der Waals surface area contributed by atoms with Gasteiger partial charge in [0.1, 0.15) is 0 Å². The van der Waals surface area contributed by atoms with Gasteiger partial charge in [0, 0.05) is 29.8 Å². The third-order valence-electron chi connectivity index (χ3n) is 4.31. The summed E-state index contributed by atoms with van der Waals surface area (Å²) >= 11 is 1.72. The van der Waals surface area contributed by atoms with Crippen molar-refractivity contribution in [2.24, 2.45) is 0 Å². The van der Waals surface area contributed by atoms with E-state index in [4.69, 9.17) is 0 Å². The normalized spacial score (nSPS) is 10.7. The van der Waals surface area contributed by atoms with Gasteiger partial charge in [0.2, 0.25) is 5.91 Å². The zero-order chi connectivity index (χ0) is 18.9. The Bertz CT molecular complexity index is 847. The zero-order valence-corrected chi connectivity index (χ0v) is 16.4. The lowest BCUT2D eigenvalue weighted by Crippen LogP contribution is -2.25. The van der Waals surface area contributed by atoms with E-state index in [1.54, 1.807) is 11.8 Å². The number of carbonyl (C=O) groups is 1. The largest absolute Gasteiger partial charge is 0.356 e. The number of thioether (sulfide) groups is 1. The third-order valence-corrected chi connectivity index (χ3v) is 5.32. The van der Waals surface area contributed by atoms with Crippen LogP contribution in [0, 0.1) is 6.92 Å². The highest BCUT2D eigenvalue weighted by Gasteiger charge is 2.07. The first kappa shape index (κ1) is 19.2. The molecule has 2 aromatic carbocycles. The van der Waals surface area contributed by atoms with E-state index in [0.29, 0.717) is 13.0 Å². The van der Waals surface area contributed by atoms with E-state index in [1.165, 1.54) is 10.5 Å². The second-order valence-electron chi connectivity index (χ2n) is 6.38. The lowest BCUT2D eigenvalue weighted by molar-refractivity contribution is -0.120. The molecule has 0 bridgehead atoms. The highest BCUT2D eigenvalue weighted by atomic mass is 32.2. The predicted octanol–water partition coefficient (Wildman–Crippen LogP) is 4.41. The maximum absolute atomic E-state index is 12.0. The van der Waals surface area contributed by atoms with Crippen molar-refractivity contribution in [1.29, 1.82) is 0 Å². The summed E-state index contributed by atoms with van der Waals surface area (Å²) in [6, 6.07) is 20.3. The number of rotatable bonds is 9. The van der Waals surface area contributed by atoms with E-state index < -0.39 is 0 Å². The molecule has 1 N–H and O–H groups in total. The second kappa shape index (κ2) is 9.97. The Balaban J connectivity index is 1.36. The topological polar surface area (TPSA) is 46.9 Å². The predicted molar refractivity (Wildman–Crippen MR) is 111 cm³/mol. The molecule has 0 spiro atoms. The Hall–Kier alpha value is -2.53. The van der Waals surface area contributed by atoms with E-state index in [1.807, 2.05) is 60.1 Å². The third kappa shape index (κ3) is 6.00. The SMILES string of the molecule is Cc1nn(-c2ccccc2)cc1CCCNC(=O)CCSc1ccccc1. The lowest BCUT2D eigenvalue weighted by Gasteiger charge is -2.05. The first-order valence-corrected chi connectivity index (χ1v) is 10.3. The first-order valence-electron chi connectivity index (χ1n) is 9.27. The van der Waals surface area contributed by atoms with E-state index in [-0.39, 0.29) is 5.91 Å². The molecule has 0 unspecified atom stereocenters. The molecule has 0 fully saturated rings. The molecule has 1 heterocycles. The molecule has 3 aromatic rings. The van der Waals surface area contributed by atoms with Crippen LogP contribution in [0.15, 0.2) is 71.8 Å². The minimum atomic E-state index is 0.120. The molecule has 4 nitrogen and oxygen atoms in total. The summed E-state index contributed by atoms with van der Waals surface area (Å²) in [5.74, 6) is 0.925. The lowest BCUT2D eigenvalue weighted by atomic mass is 10.1. The van der Waals surface area contributed by atoms with Gasteiger partial charge in [-0.3, -0.25) is 4.79 Å². The van der Waals surface area contributed by atoms with Gasteiger partial charge < -0.3 is 5.32 Å². The summed E-state index contributed by atoms with van der Waals surface area (Å²) in [5, 5.41) is 7.61. The molecule has 0 radical (unpaired) electrons. The quantitative estimate of drug-likeness (QED) is 0.442. The van der Waals surface area contributed by atoms with Crippen LogP contribution in [-0.4, -0.2) is 28.0 Å². The summed E-state index contributed by atoms with van der Waals surface area (Å²) in [6.45, 7) is 2.74. The van der Waals surface area contributed by atoms with Gasteiger partial charge in [-0.15, -0.1) is 11.8 Å². The number of aromatic nitrogens is 2. The molecule has 0 atom stereocenters. The van der Waals surface area contributed by atoms with E-state index >= 15 is 0 Å². The van der Waals surface area contributed by atoms with Gasteiger partial charge in [-0.25, -0.2) is 4.68 Å². The Morgan fingerprint density at radius 3 is 2.52 bits per heavy atom. The molecule has 27 heavy (non-hydrogen) atoms. The van der Waals surface area contributed by atoms with Crippen LogP contribution in [-0.2, 0) is 11.2 Å². The van der Waals surface area contributed by atoms with Crippen molar-refractivity contribution >= 4 is 17.7 Å². The molecular weight excluding hydrogens is 354 g/mol. The molecule has 140 valence electrons. The van der Waals surface area contributed by atoms with Crippen LogP contribution in [0.3, 0.4) is 0 Å². The van der Waals surface area contributed by atoms with Gasteiger partial charge >= 0.3 is 0 Å². The Labute approximate surface area is 165 Å². The summed E-state index contributed by atoms with van der Waals surface area (Å²) in [5.41, 5.74) is 3.34. The maximum Gasteiger partial charge on any atom is 0.220 e. The number of hydrogen-bond donors (Lipinski definition) is 1. The number of para-hydroxylation sites is 1. The van der Waals surface area contributed by atoms with Gasteiger partial charge in [0.05, 0.1) is 11.4 Å². The first-order chi connectivity index (χ1) is 13.2. The summed E-state index contributed by atoms with van der Waals surface area (Å²) in [7, 11) is 0. The smallest absolute Gasteiger partial charge is 0.220 e. The fourth-order valence-corrected chi connectivity index (χ4v) is 3.70. The zero-order valence-electron chi connectivity index (χ0n) is 15.6. The van der Waals surface area contributed by atoms with Crippen LogP contribution in [0.5, 0.6) is 0 Å². The molecule has 1 aromatic heterocycles. The number of carbonyl (C=O) groups excluding carboxylic acids is 1. The van der Waals surface area contributed by atoms with Gasteiger partial charge in [-0.2, -0.15) is 5.10 Å². The van der Waals surface area contributed by atoms with Crippen molar-refractivity contribution in [3.63, 3.8) is 0 Å². The molecule has 3 rings (SSSR count). The number of nitrogens with zero attached hydrogens (tertiary/aromatic N) is 2. The van der Waals surface area contributed by atoms with Gasteiger partial charge in [0.15, 0.2) is 0 Å². The van der Waals surface area contributed by atoms with Crippen LogP contribution in [0.1, 0.15) is 24.1 Å². The number of hydrogen-bond acceptors (Lipinski definition) is 3. The second-order valence-corrected chi connectivity index (χ2v) is 7.55. The number of amides is 1. The summed E-state index contributed by atoms with van der Waals surface area (Å²) < 4.78 is 1.92. The molecule has 0 aliphatic carbocycles. The van der Waals surface area contributed by atoms with Gasteiger partial charge in [0.25, 0.3) is 0 Å². The van der Waals surface area contributed by atoms with E-state index in [0.717, 1.165) is 30.0 Å². The number of aryl methyl sites for hydroxylation is 2. The van der Waals surface area contributed by atoms with Crippen molar-refractivity contribution in [2.75, 3.05) is 12.3 Å². The fraction of sp³-hybridized carbons (Fsp3) is 0.273. The Kier molecular flexibility index (Phi) is 7.11. The molecular formula is C22H25N3OS. The summed E-state index contributed by atoms with van der Waals surface area (Å²) in [4.78, 5) is 13.2. The van der Waals surface area contributed by atoms with Crippen LogP contribution in [0.2, 0.25) is 0 Å². The average molecular weight is 380 g/mol. The minimum absolute atomic E-state index is 0.120. The number of nitrogens with one attached hydrogen (secondary N) is 1. The van der Waals surface area contributed by atoms with Crippen molar-refractivity contribution in [2.45, 2.75) is 31.1 Å². The molecule has 0 saturated carbocycles. The van der Waals surface area contributed by atoms with E-state index in [2.05, 4.69) is 28.7 Å². The highest BCUT2D eigenvalue weighted by molar-refractivity contribution is 7.99. The van der Waals surface area contributed by atoms with Crippen molar-refractivity contribution in [1.82, 2.24) is 15.1 Å². The van der Waals surface area contributed by atoms with Crippen LogP contribution >= 0.6 is 11.8 Å². The Morgan fingerprint density at radius 1 is 1.07 bits per heavy atom. The maximum atomic E-state index is 12.0. The monoisotopic (exact) mass is 379 g/mol.